The number of rotatable bonds is 10. The van der Waals surface area contributed by atoms with Gasteiger partial charge in [-0.05, 0) is 44.4 Å². The number of amides is 2. The zero-order valence-corrected chi connectivity index (χ0v) is 17.8. The third-order valence-corrected chi connectivity index (χ3v) is 4.26. The quantitative estimate of drug-likeness (QED) is 0.421. The predicted molar refractivity (Wildman–Crippen MR) is 115 cm³/mol. The third-order valence-electron chi connectivity index (χ3n) is 4.26. The van der Waals surface area contributed by atoms with Crippen LogP contribution in [0.2, 0.25) is 0 Å². The van der Waals surface area contributed by atoms with E-state index in [1.165, 1.54) is 0 Å². The maximum Gasteiger partial charge on any atom is 0.253 e. The monoisotopic (exact) mass is 389 g/mol. The first-order valence-electron chi connectivity index (χ1n) is 9.99. The van der Waals surface area contributed by atoms with Crippen LogP contribution in [0.4, 0.5) is 0 Å². The zero-order valence-electron chi connectivity index (χ0n) is 17.8. The molecule has 0 aliphatic rings. The number of carbonyl (C=O) groups is 2. The molecule has 0 saturated heterocycles. The molecule has 0 bridgehead atoms. The van der Waals surface area contributed by atoms with Gasteiger partial charge in [-0.3, -0.25) is 14.6 Å². The van der Waals surface area contributed by atoms with Crippen molar-refractivity contribution in [2.75, 3.05) is 33.7 Å². The second kappa shape index (κ2) is 12.8. The van der Waals surface area contributed by atoms with Gasteiger partial charge in [-0.15, -0.1) is 0 Å². The highest BCUT2D eigenvalue weighted by Crippen LogP contribution is 2.07. The Hall–Kier alpha value is -2.57. The number of carbonyl (C=O) groups excluding carboxylic acids is 2. The molecule has 0 aliphatic carbocycles. The van der Waals surface area contributed by atoms with E-state index in [4.69, 9.17) is 0 Å². The first-order chi connectivity index (χ1) is 13.4. The fraction of sp³-hybridized carbons (Fsp3) is 0.571. The molecule has 0 aromatic heterocycles. The minimum absolute atomic E-state index is 0.000350. The van der Waals surface area contributed by atoms with Crippen LogP contribution in [0.3, 0.4) is 0 Å². The Morgan fingerprint density at radius 3 is 2.57 bits per heavy atom. The van der Waals surface area contributed by atoms with Crippen LogP contribution in [-0.2, 0) is 11.2 Å². The lowest BCUT2D eigenvalue weighted by Crippen LogP contribution is -2.38. The van der Waals surface area contributed by atoms with Gasteiger partial charge >= 0.3 is 0 Å². The van der Waals surface area contributed by atoms with E-state index in [1.807, 2.05) is 45.0 Å². The molecular weight excluding hydrogens is 354 g/mol. The lowest BCUT2D eigenvalue weighted by atomic mass is 10.1. The summed E-state index contributed by atoms with van der Waals surface area (Å²) >= 11 is 0. The van der Waals surface area contributed by atoms with Crippen molar-refractivity contribution in [3.63, 3.8) is 0 Å². The predicted octanol–water partition coefficient (Wildman–Crippen LogP) is 1.79. The van der Waals surface area contributed by atoms with Crippen LogP contribution in [-0.4, -0.2) is 62.4 Å². The van der Waals surface area contributed by atoms with Crippen LogP contribution in [0.1, 0.15) is 49.5 Å². The molecule has 0 aliphatic heterocycles. The van der Waals surface area contributed by atoms with Crippen molar-refractivity contribution >= 4 is 17.8 Å². The summed E-state index contributed by atoms with van der Waals surface area (Å²) in [6.45, 7) is 7.91. The van der Waals surface area contributed by atoms with Crippen molar-refractivity contribution < 1.29 is 9.59 Å². The van der Waals surface area contributed by atoms with Crippen LogP contribution in [0, 0.1) is 0 Å². The molecule has 1 rings (SSSR count). The van der Waals surface area contributed by atoms with Crippen molar-refractivity contribution in [2.45, 2.75) is 46.1 Å². The number of guanidine groups is 1. The molecule has 3 N–H and O–H groups in total. The topological polar surface area (TPSA) is 85.8 Å². The molecule has 28 heavy (non-hydrogen) atoms. The summed E-state index contributed by atoms with van der Waals surface area (Å²) in [4.78, 5) is 29.9. The second-order valence-electron chi connectivity index (χ2n) is 6.96. The van der Waals surface area contributed by atoms with Gasteiger partial charge < -0.3 is 20.9 Å². The molecule has 1 atom stereocenters. The highest BCUT2D eigenvalue weighted by Gasteiger charge is 2.08. The summed E-state index contributed by atoms with van der Waals surface area (Å²) in [6.07, 6.45) is 2.06. The molecule has 0 heterocycles. The van der Waals surface area contributed by atoms with E-state index < -0.39 is 0 Å². The van der Waals surface area contributed by atoms with Crippen LogP contribution in [0.15, 0.2) is 29.3 Å². The number of nitrogens with zero attached hydrogens (tertiary/aromatic N) is 2. The molecule has 2 amide bonds. The minimum atomic E-state index is 0.000350. The molecule has 156 valence electrons. The summed E-state index contributed by atoms with van der Waals surface area (Å²) in [5.41, 5.74) is 1.78. The number of hydrogen-bond donors (Lipinski definition) is 3. The zero-order chi connectivity index (χ0) is 20.9. The lowest BCUT2D eigenvalue weighted by molar-refractivity contribution is -0.121. The number of benzene rings is 1. The number of nitrogens with one attached hydrogen (secondary N) is 3. The normalized spacial score (nSPS) is 12.2. The van der Waals surface area contributed by atoms with E-state index in [1.54, 1.807) is 19.0 Å². The second-order valence-corrected chi connectivity index (χ2v) is 6.96. The third kappa shape index (κ3) is 8.88. The molecule has 1 aromatic rings. The minimum Gasteiger partial charge on any atom is -0.357 e. The van der Waals surface area contributed by atoms with Gasteiger partial charge in [-0.25, -0.2) is 0 Å². The van der Waals surface area contributed by atoms with Gasteiger partial charge in [-0.2, -0.15) is 0 Å². The average molecular weight is 390 g/mol. The Labute approximate surface area is 169 Å². The molecule has 0 saturated carbocycles. The van der Waals surface area contributed by atoms with Gasteiger partial charge in [0.05, 0.1) is 6.54 Å². The molecule has 7 heteroatoms. The Morgan fingerprint density at radius 1 is 1.18 bits per heavy atom. The van der Waals surface area contributed by atoms with Crippen molar-refractivity contribution in [1.82, 2.24) is 20.9 Å². The van der Waals surface area contributed by atoms with Crippen LogP contribution in [0.25, 0.3) is 0 Å². The maximum atomic E-state index is 12.1. The molecule has 0 fully saturated rings. The van der Waals surface area contributed by atoms with Gasteiger partial charge in [0, 0.05) is 45.2 Å². The van der Waals surface area contributed by atoms with Gasteiger partial charge in [0.2, 0.25) is 5.91 Å². The highest BCUT2D eigenvalue weighted by atomic mass is 16.2. The number of aliphatic imine (C=N–C) groups is 1. The smallest absolute Gasteiger partial charge is 0.253 e. The largest absolute Gasteiger partial charge is 0.357 e. The highest BCUT2D eigenvalue weighted by molar-refractivity contribution is 5.94. The van der Waals surface area contributed by atoms with Gasteiger partial charge in [0.15, 0.2) is 5.96 Å². The summed E-state index contributed by atoms with van der Waals surface area (Å²) in [5, 5.41) is 9.41. The van der Waals surface area contributed by atoms with E-state index in [-0.39, 0.29) is 17.9 Å². The Bertz CT molecular complexity index is 658. The Kier molecular flexibility index (Phi) is 10.7. The van der Waals surface area contributed by atoms with Crippen LogP contribution in [0.5, 0.6) is 0 Å². The SMILES string of the molecule is CCNC(=NCCC(=O)NC(C)CC)NCCc1cccc(C(=O)N(C)C)c1. The molecule has 0 spiro atoms. The van der Waals surface area contributed by atoms with Gasteiger partial charge in [0.25, 0.3) is 5.91 Å². The summed E-state index contributed by atoms with van der Waals surface area (Å²) in [5.74, 6) is 0.719. The van der Waals surface area contributed by atoms with Gasteiger partial charge in [-0.1, -0.05) is 19.1 Å². The van der Waals surface area contributed by atoms with Gasteiger partial charge in [0.1, 0.15) is 0 Å². The van der Waals surface area contributed by atoms with Crippen molar-refractivity contribution in [1.29, 1.82) is 0 Å². The lowest BCUT2D eigenvalue weighted by Gasteiger charge is -2.13. The van der Waals surface area contributed by atoms with E-state index >= 15 is 0 Å². The standard InChI is InChI=1S/C21H35N5O2/c1-6-16(3)25-19(27)12-14-24-21(22-7-2)23-13-11-17-9-8-10-18(15-17)20(28)26(4)5/h8-10,15-16H,6-7,11-14H2,1-5H3,(H,25,27)(H2,22,23,24). The fourth-order valence-corrected chi connectivity index (χ4v) is 2.50. The van der Waals surface area contributed by atoms with E-state index in [0.717, 1.165) is 24.9 Å². The van der Waals surface area contributed by atoms with Crippen LogP contribution >= 0.6 is 0 Å². The average Bonchev–Trinajstić information content (AvgIpc) is 2.67. The molecule has 7 nitrogen and oxygen atoms in total. The van der Waals surface area contributed by atoms with E-state index in [0.29, 0.717) is 31.0 Å². The fourth-order valence-electron chi connectivity index (χ4n) is 2.50. The summed E-state index contributed by atoms with van der Waals surface area (Å²) < 4.78 is 0. The Morgan fingerprint density at radius 2 is 1.93 bits per heavy atom. The van der Waals surface area contributed by atoms with Crippen molar-refractivity contribution in [2.24, 2.45) is 4.99 Å². The molecule has 1 aromatic carbocycles. The van der Waals surface area contributed by atoms with Crippen molar-refractivity contribution in [3.8, 4) is 0 Å². The molecule has 1 unspecified atom stereocenters. The van der Waals surface area contributed by atoms with Crippen molar-refractivity contribution in [3.05, 3.63) is 35.4 Å². The maximum absolute atomic E-state index is 12.1. The first-order valence-corrected chi connectivity index (χ1v) is 9.99. The first kappa shape index (κ1) is 23.5. The Balaban J connectivity index is 2.51. The summed E-state index contributed by atoms with van der Waals surface area (Å²) in [6, 6.07) is 7.86. The van der Waals surface area contributed by atoms with E-state index in [9.17, 15) is 9.59 Å². The summed E-state index contributed by atoms with van der Waals surface area (Å²) in [7, 11) is 3.50. The van der Waals surface area contributed by atoms with Crippen LogP contribution < -0.4 is 16.0 Å². The van der Waals surface area contributed by atoms with E-state index in [2.05, 4.69) is 20.9 Å². The number of hydrogen-bond acceptors (Lipinski definition) is 3. The molecule has 0 radical (unpaired) electrons. The molecular formula is C21H35N5O2.